The van der Waals surface area contributed by atoms with E-state index in [9.17, 15) is 4.79 Å². The maximum atomic E-state index is 12.6. The minimum absolute atomic E-state index is 0.403. The molecule has 1 aromatic rings. The number of hydrogen-bond donors (Lipinski definition) is 0. The Hall–Kier alpha value is -1.65. The molecule has 1 aromatic heterocycles. The van der Waals surface area contributed by atoms with Crippen molar-refractivity contribution in [2.75, 3.05) is 31.1 Å². The van der Waals surface area contributed by atoms with Gasteiger partial charge in [0.05, 0.1) is 0 Å². The molecule has 0 aromatic carbocycles. The van der Waals surface area contributed by atoms with Gasteiger partial charge in [0.15, 0.2) is 0 Å². The third-order valence-electron chi connectivity index (χ3n) is 6.27. The Labute approximate surface area is 144 Å². The van der Waals surface area contributed by atoms with Crippen LogP contribution in [-0.4, -0.2) is 47.0 Å². The molecule has 3 aliphatic rings. The second-order valence-corrected chi connectivity index (χ2v) is 7.90. The van der Waals surface area contributed by atoms with Gasteiger partial charge in [-0.3, -0.25) is 4.79 Å². The van der Waals surface area contributed by atoms with E-state index >= 15 is 0 Å². The summed E-state index contributed by atoms with van der Waals surface area (Å²) in [5, 5.41) is 0. The highest BCUT2D eigenvalue weighted by Gasteiger charge is 2.38. The van der Waals surface area contributed by atoms with Gasteiger partial charge in [-0.25, -0.2) is 9.97 Å². The normalized spacial score (nSPS) is 27.5. The lowest BCUT2D eigenvalue weighted by Gasteiger charge is -2.33. The molecule has 2 aliphatic heterocycles. The number of likely N-dealkylation sites (tertiary alicyclic amines) is 1. The lowest BCUT2D eigenvalue weighted by atomic mass is 9.93. The molecular formula is C19H28N4O. The maximum absolute atomic E-state index is 12.6. The molecule has 0 spiro atoms. The Morgan fingerprint density at radius 1 is 1.12 bits per heavy atom. The van der Waals surface area contributed by atoms with Gasteiger partial charge in [0.2, 0.25) is 5.91 Å². The lowest BCUT2D eigenvalue weighted by Crippen LogP contribution is -2.37. The van der Waals surface area contributed by atoms with Crippen molar-refractivity contribution >= 4 is 11.7 Å². The fraction of sp³-hybridized carbons (Fsp3) is 0.737. The molecule has 130 valence electrons. The van der Waals surface area contributed by atoms with Gasteiger partial charge in [-0.2, -0.15) is 0 Å². The van der Waals surface area contributed by atoms with Crippen molar-refractivity contribution in [1.82, 2.24) is 14.9 Å². The molecule has 2 atom stereocenters. The summed E-state index contributed by atoms with van der Waals surface area (Å²) in [7, 11) is 0. The van der Waals surface area contributed by atoms with E-state index < -0.39 is 0 Å². The van der Waals surface area contributed by atoms with E-state index in [4.69, 9.17) is 0 Å². The average Bonchev–Trinajstić information content (AvgIpc) is 3.17. The van der Waals surface area contributed by atoms with E-state index in [2.05, 4.69) is 25.8 Å². The van der Waals surface area contributed by atoms with Gasteiger partial charge in [0, 0.05) is 44.4 Å². The third-order valence-corrected chi connectivity index (χ3v) is 6.27. The first-order valence-electron chi connectivity index (χ1n) is 9.50. The van der Waals surface area contributed by atoms with Crippen molar-refractivity contribution in [3.63, 3.8) is 0 Å². The number of hydrogen-bond acceptors (Lipinski definition) is 4. The molecule has 0 bridgehead atoms. The molecule has 1 amide bonds. The van der Waals surface area contributed by atoms with Crippen LogP contribution in [0.1, 0.15) is 44.2 Å². The second kappa shape index (κ2) is 6.69. The smallest absolute Gasteiger partial charge is 0.222 e. The predicted molar refractivity (Wildman–Crippen MR) is 93.7 cm³/mol. The highest BCUT2D eigenvalue weighted by atomic mass is 16.2. The van der Waals surface area contributed by atoms with Crippen LogP contribution >= 0.6 is 0 Å². The van der Waals surface area contributed by atoms with Crippen LogP contribution in [0.5, 0.6) is 0 Å². The molecule has 1 saturated carbocycles. The number of nitrogens with zero attached hydrogens (tertiary/aromatic N) is 4. The molecule has 24 heavy (non-hydrogen) atoms. The zero-order chi connectivity index (χ0) is 16.5. The van der Waals surface area contributed by atoms with Crippen LogP contribution in [0.15, 0.2) is 12.4 Å². The minimum atomic E-state index is 0.403. The Morgan fingerprint density at radius 3 is 2.50 bits per heavy atom. The zero-order valence-electron chi connectivity index (χ0n) is 14.7. The number of piperidine rings is 1. The minimum Gasteiger partial charge on any atom is -0.356 e. The van der Waals surface area contributed by atoms with E-state index in [1.54, 1.807) is 6.33 Å². The van der Waals surface area contributed by atoms with Gasteiger partial charge in [-0.15, -0.1) is 0 Å². The maximum Gasteiger partial charge on any atom is 0.222 e. The summed E-state index contributed by atoms with van der Waals surface area (Å²) in [6.07, 6.45) is 8.63. The summed E-state index contributed by atoms with van der Waals surface area (Å²) < 4.78 is 0. The van der Waals surface area contributed by atoms with E-state index in [-0.39, 0.29) is 0 Å². The van der Waals surface area contributed by atoms with Gasteiger partial charge in [-0.05, 0) is 50.4 Å². The first kappa shape index (κ1) is 15.9. The van der Waals surface area contributed by atoms with Crippen molar-refractivity contribution in [1.29, 1.82) is 0 Å². The number of aryl methyl sites for hydroxylation is 1. The van der Waals surface area contributed by atoms with E-state index in [1.165, 1.54) is 19.3 Å². The monoisotopic (exact) mass is 328 g/mol. The van der Waals surface area contributed by atoms with Gasteiger partial charge in [0.1, 0.15) is 12.1 Å². The number of carbonyl (C=O) groups excluding carboxylic acids is 1. The largest absolute Gasteiger partial charge is 0.356 e. The Kier molecular flexibility index (Phi) is 4.42. The fourth-order valence-electron chi connectivity index (χ4n) is 4.79. The molecule has 3 fully saturated rings. The van der Waals surface area contributed by atoms with Crippen LogP contribution in [0.4, 0.5) is 5.82 Å². The van der Waals surface area contributed by atoms with Crippen LogP contribution in [0, 0.1) is 24.7 Å². The van der Waals surface area contributed by atoms with Crippen LogP contribution in [0.25, 0.3) is 0 Å². The number of anilines is 1. The molecule has 3 heterocycles. The van der Waals surface area contributed by atoms with Crippen LogP contribution in [0.3, 0.4) is 0 Å². The number of fused-ring (bicyclic) bond motifs is 1. The highest BCUT2D eigenvalue weighted by molar-refractivity contribution is 5.76. The molecule has 4 rings (SSSR count). The van der Waals surface area contributed by atoms with Gasteiger partial charge in [0.25, 0.3) is 0 Å². The fourth-order valence-corrected chi connectivity index (χ4v) is 4.79. The van der Waals surface area contributed by atoms with E-state index in [0.717, 1.165) is 68.8 Å². The Morgan fingerprint density at radius 2 is 1.83 bits per heavy atom. The standard InChI is InChI=1S/C19H28N4O/c1-14-9-18(21-13-20-14)22-7-5-15(6-8-22)10-19(24)23-11-16-3-2-4-17(16)12-23/h9,13,15-17H,2-8,10-12H2,1H3. The number of amides is 1. The summed E-state index contributed by atoms with van der Waals surface area (Å²) in [6.45, 7) is 6.06. The summed E-state index contributed by atoms with van der Waals surface area (Å²) in [6, 6.07) is 2.05. The lowest BCUT2D eigenvalue weighted by molar-refractivity contribution is -0.131. The number of rotatable bonds is 3. The van der Waals surface area contributed by atoms with Crippen LogP contribution in [0.2, 0.25) is 0 Å². The summed E-state index contributed by atoms with van der Waals surface area (Å²) in [5.41, 5.74) is 1.01. The Bertz CT molecular complexity index is 585. The molecule has 0 radical (unpaired) electrons. The van der Waals surface area contributed by atoms with Gasteiger partial charge >= 0.3 is 0 Å². The molecule has 2 unspecified atom stereocenters. The summed E-state index contributed by atoms with van der Waals surface area (Å²) >= 11 is 0. The quantitative estimate of drug-likeness (QED) is 0.856. The van der Waals surface area contributed by atoms with E-state index in [1.807, 2.05) is 6.92 Å². The van der Waals surface area contributed by atoms with Crippen molar-refractivity contribution in [3.8, 4) is 0 Å². The molecule has 5 nitrogen and oxygen atoms in total. The molecule has 5 heteroatoms. The molecular weight excluding hydrogens is 300 g/mol. The van der Waals surface area contributed by atoms with Crippen LogP contribution < -0.4 is 4.90 Å². The van der Waals surface area contributed by atoms with Crippen molar-refractivity contribution in [2.24, 2.45) is 17.8 Å². The van der Waals surface area contributed by atoms with Crippen molar-refractivity contribution in [2.45, 2.75) is 45.4 Å². The van der Waals surface area contributed by atoms with Crippen molar-refractivity contribution in [3.05, 3.63) is 18.1 Å². The average molecular weight is 328 g/mol. The first-order valence-corrected chi connectivity index (χ1v) is 9.50. The topological polar surface area (TPSA) is 49.3 Å². The molecule has 1 aliphatic carbocycles. The van der Waals surface area contributed by atoms with Gasteiger partial charge < -0.3 is 9.80 Å². The predicted octanol–water partition coefficient (Wildman–Crippen LogP) is 2.65. The van der Waals surface area contributed by atoms with Gasteiger partial charge in [-0.1, -0.05) is 6.42 Å². The summed E-state index contributed by atoms with van der Waals surface area (Å²) in [4.78, 5) is 25.7. The Balaban J connectivity index is 1.26. The third kappa shape index (κ3) is 3.26. The second-order valence-electron chi connectivity index (χ2n) is 7.90. The zero-order valence-corrected chi connectivity index (χ0v) is 14.7. The first-order chi connectivity index (χ1) is 11.7. The number of carbonyl (C=O) groups is 1. The molecule has 0 N–H and O–H groups in total. The van der Waals surface area contributed by atoms with Crippen molar-refractivity contribution < 1.29 is 4.79 Å². The van der Waals surface area contributed by atoms with Crippen LogP contribution in [-0.2, 0) is 4.79 Å². The van der Waals surface area contributed by atoms with E-state index in [0.29, 0.717) is 11.8 Å². The number of aromatic nitrogens is 2. The highest BCUT2D eigenvalue weighted by Crippen LogP contribution is 2.38. The molecule has 2 saturated heterocycles. The summed E-state index contributed by atoms with van der Waals surface area (Å²) in [5.74, 6) is 3.58. The SMILES string of the molecule is Cc1cc(N2CCC(CC(=O)N3CC4CCCC4C3)CC2)ncn1.